The van der Waals surface area contributed by atoms with E-state index in [0.717, 1.165) is 22.7 Å². The highest BCUT2D eigenvalue weighted by molar-refractivity contribution is 5.92. The summed E-state index contributed by atoms with van der Waals surface area (Å²) in [5.41, 5.74) is 1.87. The molecule has 2 rings (SSSR count). The van der Waals surface area contributed by atoms with Crippen molar-refractivity contribution in [1.82, 2.24) is 4.90 Å². The van der Waals surface area contributed by atoms with Gasteiger partial charge in [0.25, 0.3) is 0 Å². The fourth-order valence-electron chi connectivity index (χ4n) is 2.33. The van der Waals surface area contributed by atoms with E-state index >= 15 is 0 Å². The lowest BCUT2D eigenvalue weighted by molar-refractivity contribution is -0.117. The maximum Gasteiger partial charge on any atom is 0.238 e. The summed E-state index contributed by atoms with van der Waals surface area (Å²) in [6.45, 7) is 5.10. The van der Waals surface area contributed by atoms with Crippen molar-refractivity contribution in [2.75, 3.05) is 32.6 Å². The molecule has 0 heterocycles. The minimum Gasteiger partial charge on any atom is -0.497 e. The molecule has 0 aliphatic heterocycles. The van der Waals surface area contributed by atoms with Gasteiger partial charge in [0, 0.05) is 12.2 Å². The van der Waals surface area contributed by atoms with E-state index in [0.29, 0.717) is 19.7 Å². The number of carbonyl (C=O) groups excluding carboxylic acids is 1. The van der Waals surface area contributed by atoms with Crippen molar-refractivity contribution in [2.45, 2.75) is 6.54 Å². The van der Waals surface area contributed by atoms with Gasteiger partial charge in [-0.2, -0.15) is 0 Å². The number of likely N-dealkylation sites (N-methyl/N-ethyl adjacent to an activating group) is 1. The second kappa shape index (κ2) is 9.49. The molecule has 0 fully saturated rings. The molecular formula is C20H24N2O3. The van der Waals surface area contributed by atoms with E-state index in [2.05, 4.69) is 11.9 Å². The number of rotatable bonds is 9. The number of carbonyl (C=O) groups is 1. The Hall–Kier alpha value is -2.79. The lowest BCUT2D eigenvalue weighted by Gasteiger charge is -2.16. The van der Waals surface area contributed by atoms with E-state index in [1.807, 2.05) is 60.5 Å². The van der Waals surface area contributed by atoms with E-state index in [9.17, 15) is 4.79 Å². The minimum atomic E-state index is -0.0568. The molecule has 0 spiro atoms. The number of amides is 1. The van der Waals surface area contributed by atoms with Gasteiger partial charge >= 0.3 is 0 Å². The summed E-state index contributed by atoms with van der Waals surface area (Å²) in [6.07, 6.45) is 1.71. The SMILES string of the molecule is C=CCOc1ccc(CN(C)CC(=O)Nc2ccc(OC)cc2)cc1. The lowest BCUT2D eigenvalue weighted by Crippen LogP contribution is -2.29. The van der Waals surface area contributed by atoms with Crippen molar-refractivity contribution >= 4 is 11.6 Å². The molecular weight excluding hydrogens is 316 g/mol. The Labute approximate surface area is 148 Å². The highest BCUT2D eigenvalue weighted by Crippen LogP contribution is 2.15. The van der Waals surface area contributed by atoms with Crippen LogP contribution in [0.15, 0.2) is 61.2 Å². The molecule has 0 atom stereocenters. The average molecular weight is 340 g/mol. The second-order valence-electron chi connectivity index (χ2n) is 5.69. The molecule has 132 valence electrons. The topological polar surface area (TPSA) is 50.8 Å². The molecule has 2 aromatic rings. The Bertz CT molecular complexity index is 681. The van der Waals surface area contributed by atoms with E-state index in [-0.39, 0.29) is 5.91 Å². The van der Waals surface area contributed by atoms with Crippen LogP contribution in [0, 0.1) is 0 Å². The molecule has 2 aromatic carbocycles. The molecule has 0 bridgehead atoms. The predicted octanol–water partition coefficient (Wildman–Crippen LogP) is 3.33. The summed E-state index contributed by atoms with van der Waals surface area (Å²) in [7, 11) is 3.52. The highest BCUT2D eigenvalue weighted by Gasteiger charge is 2.08. The molecule has 0 aliphatic rings. The van der Waals surface area contributed by atoms with Crippen LogP contribution in [-0.2, 0) is 11.3 Å². The molecule has 0 aromatic heterocycles. The van der Waals surface area contributed by atoms with Crippen molar-refractivity contribution in [3.8, 4) is 11.5 Å². The Kier molecular flexibility index (Phi) is 7.04. The zero-order valence-electron chi connectivity index (χ0n) is 14.7. The number of ether oxygens (including phenoxy) is 2. The van der Waals surface area contributed by atoms with Crippen LogP contribution in [0.5, 0.6) is 11.5 Å². The summed E-state index contributed by atoms with van der Waals surface area (Å²) < 4.78 is 10.6. The van der Waals surface area contributed by atoms with E-state index < -0.39 is 0 Å². The predicted molar refractivity (Wildman–Crippen MR) is 100 cm³/mol. The third-order valence-corrected chi connectivity index (χ3v) is 3.53. The highest BCUT2D eigenvalue weighted by atomic mass is 16.5. The number of methoxy groups -OCH3 is 1. The monoisotopic (exact) mass is 340 g/mol. The molecule has 0 saturated carbocycles. The molecule has 0 radical (unpaired) electrons. The third kappa shape index (κ3) is 6.31. The number of hydrogen-bond acceptors (Lipinski definition) is 4. The summed E-state index contributed by atoms with van der Waals surface area (Å²) in [5, 5.41) is 2.88. The van der Waals surface area contributed by atoms with E-state index in [1.165, 1.54) is 0 Å². The normalized spacial score (nSPS) is 10.4. The first kappa shape index (κ1) is 18.5. The van der Waals surface area contributed by atoms with Crippen molar-refractivity contribution in [1.29, 1.82) is 0 Å². The van der Waals surface area contributed by atoms with Gasteiger partial charge in [-0.3, -0.25) is 9.69 Å². The van der Waals surface area contributed by atoms with Crippen LogP contribution >= 0.6 is 0 Å². The van der Waals surface area contributed by atoms with Crippen LogP contribution < -0.4 is 14.8 Å². The Balaban J connectivity index is 1.81. The van der Waals surface area contributed by atoms with Crippen molar-refractivity contribution in [3.05, 3.63) is 66.7 Å². The van der Waals surface area contributed by atoms with Crippen molar-refractivity contribution < 1.29 is 14.3 Å². The number of nitrogens with zero attached hydrogens (tertiary/aromatic N) is 1. The number of benzene rings is 2. The molecule has 1 N–H and O–H groups in total. The van der Waals surface area contributed by atoms with Crippen molar-refractivity contribution in [2.24, 2.45) is 0 Å². The molecule has 0 aliphatic carbocycles. The summed E-state index contributed by atoms with van der Waals surface area (Å²) >= 11 is 0. The van der Waals surface area contributed by atoms with Gasteiger partial charge in [0.2, 0.25) is 5.91 Å². The molecule has 25 heavy (non-hydrogen) atoms. The lowest BCUT2D eigenvalue weighted by atomic mass is 10.2. The number of hydrogen-bond donors (Lipinski definition) is 1. The average Bonchev–Trinajstić information content (AvgIpc) is 2.61. The fourth-order valence-corrected chi connectivity index (χ4v) is 2.33. The maximum atomic E-state index is 12.1. The van der Waals surface area contributed by atoms with Gasteiger partial charge < -0.3 is 14.8 Å². The molecule has 1 amide bonds. The first-order valence-corrected chi connectivity index (χ1v) is 8.06. The van der Waals surface area contributed by atoms with Crippen molar-refractivity contribution in [3.63, 3.8) is 0 Å². The summed E-state index contributed by atoms with van der Waals surface area (Å²) in [4.78, 5) is 14.1. The Morgan fingerprint density at radius 2 is 1.76 bits per heavy atom. The minimum absolute atomic E-state index is 0.0568. The van der Waals surface area contributed by atoms with Gasteiger partial charge in [-0.05, 0) is 49.0 Å². The first-order valence-electron chi connectivity index (χ1n) is 8.06. The van der Waals surface area contributed by atoms with Crippen LogP contribution in [0.2, 0.25) is 0 Å². The quantitative estimate of drug-likeness (QED) is 0.712. The van der Waals surface area contributed by atoms with Gasteiger partial charge in [-0.1, -0.05) is 24.8 Å². The smallest absolute Gasteiger partial charge is 0.238 e. The van der Waals surface area contributed by atoms with E-state index in [1.54, 1.807) is 13.2 Å². The standard InChI is InChI=1S/C20H24N2O3/c1-4-13-25-19-9-5-16(6-10-19)14-22(2)15-20(23)21-17-7-11-18(24-3)12-8-17/h4-12H,1,13-15H2,2-3H3,(H,21,23). The van der Waals surface area contributed by atoms with Crippen LogP contribution in [0.3, 0.4) is 0 Å². The van der Waals surface area contributed by atoms with Crippen LogP contribution in [0.1, 0.15) is 5.56 Å². The fraction of sp³-hybridized carbons (Fsp3) is 0.250. The van der Waals surface area contributed by atoms with Gasteiger partial charge in [-0.15, -0.1) is 0 Å². The zero-order valence-corrected chi connectivity index (χ0v) is 14.7. The van der Waals surface area contributed by atoms with E-state index in [4.69, 9.17) is 9.47 Å². The zero-order chi connectivity index (χ0) is 18.1. The van der Waals surface area contributed by atoms with Gasteiger partial charge in [-0.25, -0.2) is 0 Å². The van der Waals surface area contributed by atoms with Gasteiger partial charge in [0.05, 0.1) is 13.7 Å². The van der Waals surface area contributed by atoms with Gasteiger partial charge in [0.1, 0.15) is 18.1 Å². The molecule has 5 nitrogen and oxygen atoms in total. The maximum absolute atomic E-state index is 12.1. The summed E-state index contributed by atoms with van der Waals surface area (Å²) in [5.74, 6) is 1.51. The number of anilines is 1. The van der Waals surface area contributed by atoms with Gasteiger partial charge in [0.15, 0.2) is 0 Å². The first-order chi connectivity index (χ1) is 12.1. The summed E-state index contributed by atoms with van der Waals surface area (Å²) in [6, 6.07) is 15.1. The van der Waals surface area contributed by atoms with Crippen LogP contribution in [0.25, 0.3) is 0 Å². The Morgan fingerprint density at radius 1 is 1.12 bits per heavy atom. The number of nitrogens with one attached hydrogen (secondary N) is 1. The third-order valence-electron chi connectivity index (χ3n) is 3.53. The largest absolute Gasteiger partial charge is 0.497 e. The molecule has 0 saturated heterocycles. The molecule has 0 unspecified atom stereocenters. The Morgan fingerprint density at radius 3 is 2.36 bits per heavy atom. The second-order valence-corrected chi connectivity index (χ2v) is 5.69. The van der Waals surface area contributed by atoms with Crippen LogP contribution in [0.4, 0.5) is 5.69 Å². The molecule has 5 heteroatoms. The van der Waals surface area contributed by atoms with Crippen LogP contribution in [-0.4, -0.2) is 38.1 Å².